The first-order chi connectivity index (χ1) is 8.57. The molecule has 1 saturated carbocycles. The topological polar surface area (TPSA) is 64.4 Å². The Bertz CT molecular complexity index is 280. The third-order valence-corrected chi connectivity index (χ3v) is 4.40. The predicted octanol–water partition coefficient (Wildman–Crippen LogP) is 1.58. The van der Waals surface area contributed by atoms with Gasteiger partial charge in [-0.1, -0.05) is 0 Å². The van der Waals surface area contributed by atoms with Crippen LogP contribution >= 0.6 is 0 Å². The highest BCUT2D eigenvalue weighted by atomic mass is 16.5. The fourth-order valence-corrected chi connectivity index (χ4v) is 2.99. The van der Waals surface area contributed by atoms with Gasteiger partial charge in [0.15, 0.2) is 0 Å². The minimum absolute atomic E-state index is 0.0552. The molecule has 0 bridgehead atoms. The summed E-state index contributed by atoms with van der Waals surface area (Å²) in [4.78, 5) is 12.1. The second kappa shape index (κ2) is 6.02. The second-order valence-electron chi connectivity index (χ2n) is 6.21. The van der Waals surface area contributed by atoms with Crippen molar-refractivity contribution in [2.45, 2.75) is 63.5 Å². The molecular weight excluding hydrogens is 228 g/mol. The zero-order valence-electron chi connectivity index (χ0n) is 11.4. The number of hydrogen-bond donors (Lipinski definition) is 2. The van der Waals surface area contributed by atoms with Crippen LogP contribution in [0.25, 0.3) is 0 Å². The molecule has 104 valence electrons. The van der Waals surface area contributed by atoms with Crippen LogP contribution in [0, 0.1) is 5.92 Å². The first kappa shape index (κ1) is 13.8. The van der Waals surface area contributed by atoms with Crippen LogP contribution in [0.5, 0.6) is 0 Å². The van der Waals surface area contributed by atoms with E-state index in [1.54, 1.807) is 0 Å². The van der Waals surface area contributed by atoms with Crippen LogP contribution in [-0.2, 0) is 9.53 Å². The number of nitrogens with two attached hydrogens (primary N) is 1. The van der Waals surface area contributed by atoms with E-state index in [4.69, 9.17) is 10.5 Å². The maximum absolute atomic E-state index is 12.1. The van der Waals surface area contributed by atoms with E-state index < -0.39 is 0 Å². The molecule has 0 radical (unpaired) electrons. The molecule has 0 spiro atoms. The zero-order valence-corrected chi connectivity index (χ0v) is 11.4. The Hall–Kier alpha value is -0.610. The fourth-order valence-electron chi connectivity index (χ4n) is 2.99. The minimum Gasteiger partial charge on any atom is -0.381 e. The van der Waals surface area contributed by atoms with Crippen molar-refractivity contribution in [2.24, 2.45) is 11.7 Å². The van der Waals surface area contributed by atoms with Gasteiger partial charge in [-0.05, 0) is 51.4 Å². The van der Waals surface area contributed by atoms with Crippen LogP contribution in [-0.4, -0.2) is 30.7 Å². The molecule has 0 atom stereocenters. The number of carbonyl (C=O) groups excluding carboxylic acids is 1. The average Bonchev–Trinajstić information content (AvgIpc) is 2.32. The highest BCUT2D eigenvalue weighted by Crippen LogP contribution is 2.26. The molecule has 1 saturated heterocycles. The second-order valence-corrected chi connectivity index (χ2v) is 6.21. The molecule has 4 nitrogen and oxygen atoms in total. The van der Waals surface area contributed by atoms with Gasteiger partial charge in [-0.3, -0.25) is 4.79 Å². The number of ether oxygens (including phenoxy) is 1. The Morgan fingerprint density at radius 2 is 1.89 bits per heavy atom. The molecule has 2 rings (SSSR count). The van der Waals surface area contributed by atoms with E-state index in [0.717, 1.165) is 51.7 Å². The lowest BCUT2D eigenvalue weighted by atomic mass is 9.84. The average molecular weight is 254 g/mol. The van der Waals surface area contributed by atoms with Crippen molar-refractivity contribution in [1.82, 2.24) is 5.32 Å². The molecule has 2 aliphatic rings. The number of nitrogens with one attached hydrogen (secondary N) is 1. The van der Waals surface area contributed by atoms with Crippen LogP contribution in [0.15, 0.2) is 0 Å². The normalized spacial score (nSPS) is 31.9. The monoisotopic (exact) mass is 254 g/mol. The highest BCUT2D eigenvalue weighted by Gasteiger charge is 2.30. The van der Waals surface area contributed by atoms with Crippen molar-refractivity contribution in [3.63, 3.8) is 0 Å². The Labute approximate surface area is 110 Å². The molecule has 4 heteroatoms. The molecule has 1 aliphatic carbocycles. The predicted molar refractivity (Wildman–Crippen MR) is 71.2 cm³/mol. The van der Waals surface area contributed by atoms with E-state index in [2.05, 4.69) is 12.2 Å². The van der Waals surface area contributed by atoms with Crippen molar-refractivity contribution in [3.05, 3.63) is 0 Å². The van der Waals surface area contributed by atoms with Gasteiger partial charge in [0.2, 0.25) is 5.91 Å². The van der Waals surface area contributed by atoms with E-state index in [-0.39, 0.29) is 11.4 Å². The van der Waals surface area contributed by atoms with E-state index in [1.807, 2.05) is 0 Å². The quantitative estimate of drug-likeness (QED) is 0.803. The third-order valence-electron chi connectivity index (χ3n) is 4.40. The molecule has 0 unspecified atom stereocenters. The molecule has 3 N–H and O–H groups in total. The molecule has 0 aromatic rings. The van der Waals surface area contributed by atoms with Crippen molar-refractivity contribution >= 4 is 5.91 Å². The molecule has 0 aromatic heterocycles. The Morgan fingerprint density at radius 1 is 1.28 bits per heavy atom. The van der Waals surface area contributed by atoms with Gasteiger partial charge in [-0.25, -0.2) is 0 Å². The molecule has 1 heterocycles. The maximum atomic E-state index is 12.1. The first-order valence-electron chi connectivity index (χ1n) is 7.22. The lowest BCUT2D eigenvalue weighted by molar-refractivity contribution is -0.125. The van der Waals surface area contributed by atoms with Crippen molar-refractivity contribution in [1.29, 1.82) is 0 Å². The van der Waals surface area contributed by atoms with Gasteiger partial charge in [0.05, 0.1) is 0 Å². The molecule has 1 amide bonds. The largest absolute Gasteiger partial charge is 0.381 e. The van der Waals surface area contributed by atoms with Crippen LogP contribution < -0.4 is 11.1 Å². The zero-order chi connectivity index (χ0) is 13.0. The highest BCUT2D eigenvalue weighted by molar-refractivity contribution is 5.77. The van der Waals surface area contributed by atoms with E-state index in [9.17, 15) is 4.79 Å². The third kappa shape index (κ3) is 3.95. The van der Waals surface area contributed by atoms with E-state index in [0.29, 0.717) is 18.4 Å². The summed E-state index contributed by atoms with van der Waals surface area (Å²) in [6.45, 7) is 3.65. The summed E-state index contributed by atoms with van der Waals surface area (Å²) in [5.41, 5.74) is 5.83. The van der Waals surface area contributed by atoms with Gasteiger partial charge < -0.3 is 15.8 Å². The summed E-state index contributed by atoms with van der Waals surface area (Å²) in [6, 6.07) is 0.359. The van der Waals surface area contributed by atoms with Crippen LogP contribution in [0.2, 0.25) is 0 Å². The number of carbonyl (C=O) groups is 1. The molecule has 0 aromatic carbocycles. The number of amides is 1. The lowest BCUT2D eigenvalue weighted by Crippen LogP contribution is -2.50. The van der Waals surface area contributed by atoms with Gasteiger partial charge in [0.25, 0.3) is 0 Å². The number of hydrogen-bond acceptors (Lipinski definition) is 3. The van der Waals surface area contributed by atoms with Crippen molar-refractivity contribution in [3.8, 4) is 0 Å². The minimum atomic E-state index is -0.0552. The van der Waals surface area contributed by atoms with Gasteiger partial charge >= 0.3 is 0 Å². The van der Waals surface area contributed by atoms with Gasteiger partial charge in [0.1, 0.15) is 0 Å². The Kier molecular flexibility index (Phi) is 4.62. The van der Waals surface area contributed by atoms with Crippen LogP contribution in [0.4, 0.5) is 0 Å². The lowest BCUT2D eigenvalue weighted by Gasteiger charge is -2.35. The summed E-state index contributed by atoms with van der Waals surface area (Å²) < 4.78 is 5.34. The maximum Gasteiger partial charge on any atom is 0.220 e. The van der Waals surface area contributed by atoms with Crippen LogP contribution in [0.3, 0.4) is 0 Å². The van der Waals surface area contributed by atoms with E-state index >= 15 is 0 Å². The van der Waals surface area contributed by atoms with Crippen LogP contribution in [0.1, 0.15) is 51.9 Å². The molecule has 18 heavy (non-hydrogen) atoms. The summed E-state index contributed by atoms with van der Waals surface area (Å²) in [7, 11) is 0. The Morgan fingerprint density at radius 3 is 2.50 bits per heavy atom. The van der Waals surface area contributed by atoms with Gasteiger partial charge in [-0.15, -0.1) is 0 Å². The summed E-state index contributed by atoms with van der Waals surface area (Å²) in [5.74, 6) is 0.744. The van der Waals surface area contributed by atoms with E-state index in [1.165, 1.54) is 0 Å². The first-order valence-corrected chi connectivity index (χ1v) is 7.22. The molecule has 1 aliphatic heterocycles. The van der Waals surface area contributed by atoms with Gasteiger partial charge in [0, 0.05) is 31.2 Å². The summed E-state index contributed by atoms with van der Waals surface area (Å²) >= 11 is 0. The van der Waals surface area contributed by atoms with Crippen molar-refractivity contribution in [2.75, 3.05) is 13.2 Å². The summed E-state index contributed by atoms with van der Waals surface area (Å²) in [6.07, 6.45) is 6.88. The summed E-state index contributed by atoms with van der Waals surface area (Å²) in [5, 5.41) is 3.20. The molecule has 2 fully saturated rings. The fraction of sp³-hybridized carbons (Fsp3) is 0.929. The molecular formula is C14H26N2O2. The smallest absolute Gasteiger partial charge is 0.220 e. The van der Waals surface area contributed by atoms with Gasteiger partial charge in [-0.2, -0.15) is 0 Å². The standard InChI is InChI=1S/C14H26N2O2/c1-14(6-8-18-9-7-14)16-13(17)10-11-2-4-12(15)5-3-11/h11-12H,2-10,15H2,1H3,(H,16,17). The Balaban J connectivity index is 1.74. The van der Waals surface area contributed by atoms with Crippen molar-refractivity contribution < 1.29 is 9.53 Å². The number of rotatable bonds is 3. The SMILES string of the molecule is CC1(NC(=O)CC2CCC(N)CC2)CCOCC1.